The highest BCUT2D eigenvalue weighted by Crippen LogP contribution is 2.15. The van der Waals surface area contributed by atoms with E-state index in [0.29, 0.717) is 6.42 Å². The smallest absolute Gasteiger partial charge is 0.359 e. The predicted molar refractivity (Wildman–Crippen MR) is 150 cm³/mol. The fourth-order valence-corrected chi connectivity index (χ4v) is 5.02. The van der Waals surface area contributed by atoms with Gasteiger partial charge in [-0.3, -0.25) is 4.48 Å². The molecule has 0 atom stereocenters. The zero-order valence-corrected chi connectivity index (χ0v) is 23.6. The van der Waals surface area contributed by atoms with Crippen LogP contribution in [0.5, 0.6) is 0 Å². The van der Waals surface area contributed by atoms with Crippen molar-refractivity contribution in [2.24, 2.45) is 0 Å². The Kier molecular flexibility index (Phi) is 23.2. The summed E-state index contributed by atoms with van der Waals surface area (Å²) in [7, 11) is 0. The summed E-state index contributed by atoms with van der Waals surface area (Å²) >= 11 is 0. The highest BCUT2D eigenvalue weighted by molar-refractivity contribution is 5.73. The summed E-state index contributed by atoms with van der Waals surface area (Å²) in [6, 6.07) is 0. The number of unbranched alkanes of at least 4 members (excludes halogenated alkanes) is 18. The highest BCUT2D eigenvalue weighted by atomic mass is 16.4. The first-order valence-electron chi connectivity index (χ1n) is 15.0. The van der Waals surface area contributed by atoms with Crippen LogP contribution in [0.4, 0.5) is 0 Å². The Morgan fingerprint density at radius 2 is 0.784 bits per heavy atom. The third-order valence-corrected chi connectivity index (χ3v) is 7.06. The van der Waals surface area contributed by atoms with Gasteiger partial charge in [0.15, 0.2) is 19.6 Å². The van der Waals surface area contributed by atoms with Crippen LogP contribution in [0.1, 0.15) is 135 Å². The first-order valence-corrected chi connectivity index (χ1v) is 15.0. The number of carboxylic acids is 3. The van der Waals surface area contributed by atoms with Crippen LogP contribution in [0.15, 0.2) is 12.2 Å². The lowest BCUT2D eigenvalue weighted by Gasteiger charge is -2.34. The Labute approximate surface area is 225 Å². The van der Waals surface area contributed by atoms with Crippen molar-refractivity contribution in [1.29, 1.82) is 0 Å². The Morgan fingerprint density at radius 1 is 0.486 bits per heavy atom. The number of aliphatic carboxylic acids is 3. The van der Waals surface area contributed by atoms with Gasteiger partial charge in [-0.2, -0.15) is 0 Å². The molecule has 0 aromatic rings. The lowest BCUT2D eigenvalue weighted by molar-refractivity contribution is -0.907. The van der Waals surface area contributed by atoms with Gasteiger partial charge in [0.2, 0.25) is 0 Å². The van der Waals surface area contributed by atoms with E-state index in [1.807, 2.05) is 0 Å². The molecule has 0 aliphatic rings. The number of carboxylic acid groups (broad SMARTS) is 3. The molecule has 0 aromatic heterocycles. The summed E-state index contributed by atoms with van der Waals surface area (Å²) in [5, 5.41) is 27.4. The fourth-order valence-electron chi connectivity index (χ4n) is 5.02. The molecule has 0 aromatic carbocycles. The molecule has 0 spiro atoms. The zero-order valence-electron chi connectivity index (χ0n) is 23.6. The molecule has 0 saturated carbocycles. The molecule has 0 fully saturated rings. The van der Waals surface area contributed by atoms with E-state index in [9.17, 15) is 14.4 Å². The number of quaternary nitrogens is 1. The third-order valence-electron chi connectivity index (χ3n) is 7.06. The number of hydrogen-bond acceptors (Lipinski definition) is 3. The van der Waals surface area contributed by atoms with Gasteiger partial charge in [0.05, 0.1) is 6.54 Å². The first-order chi connectivity index (χ1) is 17.8. The van der Waals surface area contributed by atoms with E-state index in [1.54, 1.807) is 0 Å². The number of hydrogen-bond donors (Lipinski definition) is 3. The molecular weight excluding hydrogens is 470 g/mol. The average Bonchev–Trinajstić information content (AvgIpc) is 2.81. The van der Waals surface area contributed by atoms with Gasteiger partial charge in [0, 0.05) is 0 Å². The van der Waals surface area contributed by atoms with Crippen LogP contribution < -0.4 is 0 Å². The second kappa shape index (κ2) is 24.4. The zero-order chi connectivity index (χ0) is 27.6. The van der Waals surface area contributed by atoms with Crippen molar-refractivity contribution >= 4 is 17.9 Å². The molecule has 0 saturated heterocycles. The van der Waals surface area contributed by atoms with E-state index >= 15 is 0 Å². The molecule has 0 bridgehead atoms. The van der Waals surface area contributed by atoms with Crippen LogP contribution in [-0.2, 0) is 14.4 Å². The van der Waals surface area contributed by atoms with E-state index in [4.69, 9.17) is 15.3 Å². The normalized spacial score (nSPS) is 11.8. The Hall–Kier alpha value is -1.89. The Morgan fingerprint density at radius 3 is 1.11 bits per heavy atom. The van der Waals surface area contributed by atoms with Crippen molar-refractivity contribution in [3.63, 3.8) is 0 Å². The van der Waals surface area contributed by atoms with Crippen molar-refractivity contribution in [3.8, 4) is 0 Å². The first kappa shape index (κ1) is 35.1. The van der Waals surface area contributed by atoms with E-state index in [-0.39, 0.29) is 6.54 Å². The number of allylic oxidation sites excluding steroid dienone is 2. The van der Waals surface area contributed by atoms with Gasteiger partial charge >= 0.3 is 17.9 Å². The largest absolute Gasteiger partial charge is 0.477 e. The molecule has 37 heavy (non-hydrogen) atoms. The maximum Gasteiger partial charge on any atom is 0.359 e. The van der Waals surface area contributed by atoms with Crippen molar-refractivity contribution in [2.75, 3.05) is 26.2 Å². The highest BCUT2D eigenvalue weighted by Gasteiger charge is 2.35. The quantitative estimate of drug-likeness (QED) is 0.0555. The minimum Gasteiger partial charge on any atom is -0.477 e. The summed E-state index contributed by atoms with van der Waals surface area (Å²) in [6.45, 7) is 1.06. The molecule has 0 unspecified atom stereocenters. The molecule has 216 valence electrons. The minimum absolute atomic E-state index is 0.250. The van der Waals surface area contributed by atoms with Gasteiger partial charge in [0.1, 0.15) is 0 Å². The van der Waals surface area contributed by atoms with Crippen molar-refractivity contribution in [2.45, 2.75) is 135 Å². The van der Waals surface area contributed by atoms with E-state index < -0.39 is 42.0 Å². The van der Waals surface area contributed by atoms with Gasteiger partial charge in [-0.1, -0.05) is 109 Å². The average molecular weight is 527 g/mol. The lowest BCUT2D eigenvalue weighted by Crippen LogP contribution is -2.57. The summed E-state index contributed by atoms with van der Waals surface area (Å²) in [5.41, 5.74) is 0. The monoisotopic (exact) mass is 526 g/mol. The van der Waals surface area contributed by atoms with Crippen LogP contribution in [0.2, 0.25) is 0 Å². The van der Waals surface area contributed by atoms with Gasteiger partial charge in [-0.15, -0.1) is 0 Å². The molecule has 7 nitrogen and oxygen atoms in total. The molecule has 0 aliphatic carbocycles. The van der Waals surface area contributed by atoms with Crippen molar-refractivity contribution in [3.05, 3.63) is 12.2 Å². The molecular formula is C30H56NO6+. The molecule has 3 N–H and O–H groups in total. The maximum atomic E-state index is 11.2. The second-order valence-corrected chi connectivity index (χ2v) is 10.8. The molecule has 7 heteroatoms. The Bertz CT molecular complexity index is 578. The minimum atomic E-state index is -1.17. The molecule has 0 heterocycles. The standard InChI is InChI=1S/C30H55NO6/c1-2-3-4-5-6-7-8-9-10-11-12-13-14-15-16-17-18-19-20-21-22-23-24-31(25-28(32)33,26-29(34)35)27-30(36)37/h17-18H,2-16,19-27H2,1H3,(H2-,32,33,34,35,36,37)/p+1/b18-17+. The van der Waals surface area contributed by atoms with Crippen LogP contribution in [0.3, 0.4) is 0 Å². The van der Waals surface area contributed by atoms with Crippen LogP contribution in [0, 0.1) is 0 Å². The molecule has 0 radical (unpaired) electrons. The van der Waals surface area contributed by atoms with Gasteiger partial charge in [0.25, 0.3) is 0 Å². The topological polar surface area (TPSA) is 112 Å². The van der Waals surface area contributed by atoms with Crippen molar-refractivity contribution in [1.82, 2.24) is 0 Å². The molecule has 0 rings (SSSR count). The van der Waals surface area contributed by atoms with E-state index in [2.05, 4.69) is 19.1 Å². The maximum absolute atomic E-state index is 11.2. The number of carbonyl (C=O) groups is 3. The fraction of sp³-hybridized carbons (Fsp3) is 0.833. The number of nitrogens with zero attached hydrogens (tertiary/aromatic N) is 1. The van der Waals surface area contributed by atoms with E-state index in [1.165, 1.54) is 89.9 Å². The van der Waals surface area contributed by atoms with Gasteiger partial charge < -0.3 is 15.3 Å². The van der Waals surface area contributed by atoms with Crippen LogP contribution in [-0.4, -0.2) is 63.9 Å². The Balaban J connectivity index is 3.69. The molecule has 0 amide bonds. The lowest BCUT2D eigenvalue weighted by atomic mass is 10.0. The van der Waals surface area contributed by atoms with Gasteiger partial charge in [-0.25, -0.2) is 14.4 Å². The summed E-state index contributed by atoms with van der Waals surface area (Å²) < 4.78 is -0.445. The summed E-state index contributed by atoms with van der Waals surface area (Å²) in [4.78, 5) is 33.6. The van der Waals surface area contributed by atoms with Gasteiger partial charge in [-0.05, 0) is 38.5 Å². The summed E-state index contributed by atoms with van der Waals surface area (Å²) in [5.74, 6) is -3.52. The second-order valence-electron chi connectivity index (χ2n) is 10.8. The van der Waals surface area contributed by atoms with Crippen LogP contribution >= 0.6 is 0 Å². The third kappa shape index (κ3) is 24.2. The van der Waals surface area contributed by atoms with E-state index in [0.717, 1.165) is 32.1 Å². The summed E-state index contributed by atoms with van der Waals surface area (Å²) in [6.07, 6.45) is 29.4. The number of rotatable bonds is 28. The van der Waals surface area contributed by atoms with Crippen molar-refractivity contribution < 1.29 is 34.2 Å². The SMILES string of the molecule is CCCCCCCCCCCCCCCC/C=C/CCCCCC[N+](CC(=O)O)(CC(=O)O)CC(=O)O. The predicted octanol–water partition coefficient (Wildman–Crippen LogP) is 7.44. The molecule has 0 aliphatic heterocycles. The van der Waals surface area contributed by atoms with Crippen LogP contribution in [0.25, 0.3) is 0 Å².